The van der Waals surface area contributed by atoms with E-state index in [1.165, 1.54) is 0 Å². The van der Waals surface area contributed by atoms with Crippen molar-refractivity contribution in [3.05, 3.63) is 30.3 Å². The van der Waals surface area contributed by atoms with Gasteiger partial charge in [-0.15, -0.1) is 0 Å². The van der Waals surface area contributed by atoms with Crippen LogP contribution in [0.5, 0.6) is 5.75 Å². The summed E-state index contributed by atoms with van der Waals surface area (Å²) in [5.41, 5.74) is 0. The molecule has 1 aliphatic heterocycles. The first-order valence-corrected chi connectivity index (χ1v) is 10.3. The Kier molecular flexibility index (Phi) is 8.25. The number of ether oxygens (including phenoxy) is 2. The van der Waals surface area contributed by atoms with Crippen molar-refractivity contribution < 1.29 is 19.1 Å². The Bertz CT molecular complexity index is 574. The van der Waals surface area contributed by atoms with Crippen molar-refractivity contribution in [2.24, 2.45) is 0 Å². The number of para-hydroxylation sites is 1. The second kappa shape index (κ2) is 10.4. The van der Waals surface area contributed by atoms with Crippen molar-refractivity contribution in [2.45, 2.75) is 38.5 Å². The summed E-state index contributed by atoms with van der Waals surface area (Å²) in [4.78, 5) is 27.0. The van der Waals surface area contributed by atoms with Crippen LogP contribution in [-0.4, -0.2) is 66.7 Å². The fourth-order valence-corrected chi connectivity index (χ4v) is 3.44. The second-order valence-electron chi connectivity index (χ2n) is 6.50. The van der Waals surface area contributed by atoms with Gasteiger partial charge in [-0.3, -0.25) is 9.59 Å². The molecule has 6 nitrogen and oxygen atoms in total. The number of nitrogens with one attached hydrogen (secondary N) is 1. The molecule has 3 atom stereocenters. The molecule has 0 radical (unpaired) electrons. The standard InChI is InChI=1S/C19H28N2O4S/c1-14-11-21(12-15(2)25-14)19(23)17(9-10-26-3)20-18(22)13-24-16-7-5-4-6-8-16/h4-8,14-15,17H,9-13H2,1-3H3,(H,20,22)/t14-,15-,17-/m1/s1. The molecule has 0 bridgehead atoms. The lowest BCUT2D eigenvalue weighted by Crippen LogP contribution is -2.55. The van der Waals surface area contributed by atoms with Crippen LogP contribution >= 0.6 is 11.8 Å². The summed E-state index contributed by atoms with van der Waals surface area (Å²) in [6, 6.07) is 8.62. The molecule has 144 valence electrons. The molecule has 1 aliphatic rings. The molecule has 0 aromatic heterocycles. The molecule has 1 aromatic carbocycles. The number of thioether (sulfide) groups is 1. The molecule has 0 aliphatic carbocycles. The molecular formula is C19H28N2O4S. The van der Waals surface area contributed by atoms with E-state index in [9.17, 15) is 9.59 Å². The summed E-state index contributed by atoms with van der Waals surface area (Å²) >= 11 is 1.65. The number of nitrogens with zero attached hydrogens (tertiary/aromatic N) is 1. The first kappa shape index (κ1) is 20.6. The van der Waals surface area contributed by atoms with Gasteiger partial charge in [0.05, 0.1) is 12.2 Å². The normalized spacial score (nSPS) is 21.1. The summed E-state index contributed by atoms with van der Waals surface area (Å²) in [6.07, 6.45) is 2.58. The lowest BCUT2D eigenvalue weighted by molar-refractivity contribution is -0.147. The van der Waals surface area contributed by atoms with Crippen molar-refractivity contribution in [2.75, 3.05) is 31.7 Å². The number of carbonyl (C=O) groups is 2. The highest BCUT2D eigenvalue weighted by Crippen LogP contribution is 2.14. The maximum absolute atomic E-state index is 12.9. The second-order valence-corrected chi connectivity index (χ2v) is 7.49. The first-order valence-electron chi connectivity index (χ1n) is 8.90. The summed E-state index contributed by atoms with van der Waals surface area (Å²) in [5.74, 6) is 1.09. The van der Waals surface area contributed by atoms with Gasteiger partial charge in [0.25, 0.3) is 5.91 Å². The number of benzene rings is 1. The number of morpholine rings is 1. The zero-order valence-electron chi connectivity index (χ0n) is 15.6. The van der Waals surface area contributed by atoms with Crippen LogP contribution in [0.15, 0.2) is 30.3 Å². The van der Waals surface area contributed by atoms with Crippen LogP contribution in [0.25, 0.3) is 0 Å². The number of rotatable bonds is 8. The highest BCUT2D eigenvalue weighted by atomic mass is 32.2. The van der Waals surface area contributed by atoms with Gasteiger partial charge in [0.2, 0.25) is 5.91 Å². The summed E-state index contributed by atoms with van der Waals surface area (Å²) < 4.78 is 11.2. The third-order valence-corrected chi connectivity index (χ3v) is 4.73. The van der Waals surface area contributed by atoms with E-state index in [2.05, 4.69) is 5.32 Å². The van der Waals surface area contributed by atoms with Gasteiger partial charge in [-0.1, -0.05) is 18.2 Å². The fraction of sp³-hybridized carbons (Fsp3) is 0.579. The van der Waals surface area contributed by atoms with Gasteiger partial charge < -0.3 is 19.7 Å². The molecule has 1 aromatic rings. The van der Waals surface area contributed by atoms with Gasteiger partial charge in [-0.05, 0) is 44.4 Å². The smallest absolute Gasteiger partial charge is 0.258 e. The van der Waals surface area contributed by atoms with Crippen LogP contribution < -0.4 is 10.1 Å². The Morgan fingerprint density at radius 3 is 2.54 bits per heavy atom. The highest BCUT2D eigenvalue weighted by Gasteiger charge is 2.31. The molecule has 1 fully saturated rings. The van der Waals surface area contributed by atoms with Gasteiger partial charge in [0, 0.05) is 13.1 Å². The third-order valence-electron chi connectivity index (χ3n) is 4.09. The molecule has 0 saturated carbocycles. The van der Waals surface area contributed by atoms with Gasteiger partial charge in [-0.2, -0.15) is 11.8 Å². The minimum atomic E-state index is -0.535. The molecule has 2 amide bonds. The Morgan fingerprint density at radius 2 is 1.92 bits per heavy atom. The van der Waals surface area contributed by atoms with E-state index in [0.29, 0.717) is 25.3 Å². The maximum atomic E-state index is 12.9. The van der Waals surface area contributed by atoms with Gasteiger partial charge in [0.15, 0.2) is 6.61 Å². The number of hydrogen-bond donors (Lipinski definition) is 1. The largest absolute Gasteiger partial charge is 0.484 e. The Hall–Kier alpha value is -1.73. The van der Waals surface area contributed by atoms with E-state index < -0.39 is 6.04 Å². The molecule has 1 saturated heterocycles. The van der Waals surface area contributed by atoms with E-state index in [4.69, 9.17) is 9.47 Å². The molecular weight excluding hydrogens is 352 g/mol. The van der Waals surface area contributed by atoms with E-state index in [0.717, 1.165) is 5.75 Å². The number of carbonyl (C=O) groups excluding carboxylic acids is 2. The lowest BCUT2D eigenvalue weighted by atomic mass is 10.1. The van der Waals surface area contributed by atoms with Crippen LogP contribution in [0.4, 0.5) is 0 Å². The average molecular weight is 381 g/mol. The molecule has 2 rings (SSSR count). The van der Waals surface area contributed by atoms with Gasteiger partial charge in [-0.25, -0.2) is 0 Å². The SMILES string of the molecule is CSCC[C@@H](NC(=O)COc1ccccc1)C(=O)N1C[C@@H](C)O[C@H](C)C1. The molecule has 0 unspecified atom stereocenters. The van der Waals surface area contributed by atoms with Gasteiger partial charge >= 0.3 is 0 Å². The topological polar surface area (TPSA) is 67.9 Å². The predicted octanol–water partition coefficient (Wildman–Crippen LogP) is 1.94. The zero-order valence-corrected chi connectivity index (χ0v) is 16.5. The van der Waals surface area contributed by atoms with Crippen LogP contribution in [0.1, 0.15) is 20.3 Å². The van der Waals surface area contributed by atoms with Crippen molar-refractivity contribution >= 4 is 23.6 Å². The summed E-state index contributed by atoms with van der Waals surface area (Å²) in [7, 11) is 0. The Balaban J connectivity index is 1.92. The molecule has 7 heteroatoms. The third kappa shape index (κ3) is 6.53. The van der Waals surface area contributed by atoms with Crippen molar-refractivity contribution in [3.63, 3.8) is 0 Å². The lowest BCUT2D eigenvalue weighted by Gasteiger charge is -2.37. The van der Waals surface area contributed by atoms with E-state index in [1.54, 1.807) is 28.8 Å². The first-order chi connectivity index (χ1) is 12.5. The molecule has 0 spiro atoms. The van der Waals surface area contributed by atoms with Crippen LogP contribution in [0, 0.1) is 0 Å². The van der Waals surface area contributed by atoms with Crippen molar-refractivity contribution in [1.29, 1.82) is 0 Å². The van der Waals surface area contributed by atoms with Crippen molar-refractivity contribution in [3.8, 4) is 5.75 Å². The maximum Gasteiger partial charge on any atom is 0.258 e. The quantitative estimate of drug-likeness (QED) is 0.747. The zero-order chi connectivity index (χ0) is 18.9. The average Bonchev–Trinajstić information content (AvgIpc) is 2.63. The summed E-state index contributed by atoms with van der Waals surface area (Å²) in [6.45, 7) is 4.91. The molecule has 1 heterocycles. The van der Waals surface area contributed by atoms with E-state index in [-0.39, 0.29) is 30.6 Å². The highest BCUT2D eigenvalue weighted by molar-refractivity contribution is 7.98. The summed E-state index contributed by atoms with van der Waals surface area (Å²) in [5, 5.41) is 2.84. The minimum Gasteiger partial charge on any atom is -0.484 e. The molecule has 26 heavy (non-hydrogen) atoms. The van der Waals surface area contributed by atoms with Crippen LogP contribution in [0.2, 0.25) is 0 Å². The monoisotopic (exact) mass is 380 g/mol. The van der Waals surface area contributed by atoms with Crippen LogP contribution in [0.3, 0.4) is 0 Å². The number of hydrogen-bond acceptors (Lipinski definition) is 5. The van der Waals surface area contributed by atoms with E-state index >= 15 is 0 Å². The van der Waals surface area contributed by atoms with E-state index in [1.807, 2.05) is 38.3 Å². The molecule has 1 N–H and O–H groups in total. The van der Waals surface area contributed by atoms with Crippen LogP contribution in [-0.2, 0) is 14.3 Å². The minimum absolute atomic E-state index is 0.000940. The Morgan fingerprint density at radius 1 is 1.27 bits per heavy atom. The predicted molar refractivity (Wildman–Crippen MR) is 103 cm³/mol. The van der Waals surface area contributed by atoms with Crippen molar-refractivity contribution in [1.82, 2.24) is 10.2 Å². The fourth-order valence-electron chi connectivity index (χ4n) is 2.97. The Labute approximate surface area is 159 Å². The van der Waals surface area contributed by atoms with Gasteiger partial charge in [0.1, 0.15) is 11.8 Å². The number of amides is 2.